The molecular weight excluding hydrogens is 389 g/mol. The Morgan fingerprint density at radius 3 is 2.62 bits per heavy atom. The molecule has 1 aliphatic rings. The molecule has 0 N–H and O–H groups in total. The van der Waals surface area contributed by atoms with Crippen molar-refractivity contribution in [2.45, 2.75) is 38.5 Å². The van der Waals surface area contributed by atoms with Crippen LogP contribution in [0.25, 0.3) is 10.2 Å². The number of halogens is 2. The van der Waals surface area contributed by atoms with Gasteiger partial charge in [-0.25, -0.2) is 4.98 Å². The SMILES string of the molecule is CN(C)CCCN(C(=O)C1CCCCC1)c1nc2c(Cl)cccc2s1.Cl. The number of fused-ring (bicyclic) bond motifs is 1. The second-order valence-corrected chi connectivity index (χ2v) is 8.48. The third kappa shape index (κ3) is 5.10. The number of anilines is 1. The lowest BCUT2D eigenvalue weighted by Gasteiger charge is -2.28. The van der Waals surface area contributed by atoms with Crippen molar-refractivity contribution < 1.29 is 4.79 Å². The highest BCUT2D eigenvalue weighted by Gasteiger charge is 2.28. The summed E-state index contributed by atoms with van der Waals surface area (Å²) < 4.78 is 1.04. The van der Waals surface area contributed by atoms with Gasteiger partial charge in [0.25, 0.3) is 0 Å². The maximum absolute atomic E-state index is 13.2. The van der Waals surface area contributed by atoms with Crippen LogP contribution in [0, 0.1) is 5.92 Å². The molecule has 1 aromatic carbocycles. The number of thiazole rings is 1. The molecule has 1 aliphatic carbocycles. The van der Waals surface area contributed by atoms with Crippen molar-refractivity contribution >= 4 is 56.6 Å². The van der Waals surface area contributed by atoms with E-state index in [1.54, 1.807) is 11.3 Å². The van der Waals surface area contributed by atoms with Gasteiger partial charge in [-0.05, 0) is 52.0 Å². The third-order valence-electron chi connectivity index (χ3n) is 4.80. The van der Waals surface area contributed by atoms with Crippen LogP contribution in [0.1, 0.15) is 38.5 Å². The van der Waals surface area contributed by atoms with Crippen LogP contribution in [0.5, 0.6) is 0 Å². The van der Waals surface area contributed by atoms with E-state index in [1.807, 2.05) is 23.1 Å². The summed E-state index contributed by atoms with van der Waals surface area (Å²) in [6.07, 6.45) is 6.53. The number of para-hydroxylation sites is 1. The standard InChI is InChI=1S/C19H26ClN3OS.ClH/c1-22(2)12-7-13-23(18(24)14-8-4-3-5-9-14)19-21-17-15(20)10-6-11-16(17)25-19;/h6,10-11,14H,3-5,7-9,12-13H2,1-2H3;1H. The van der Waals surface area contributed by atoms with Crippen LogP contribution in [0.3, 0.4) is 0 Å². The number of benzene rings is 1. The number of aromatic nitrogens is 1. The third-order valence-corrected chi connectivity index (χ3v) is 6.15. The molecule has 0 aliphatic heterocycles. The van der Waals surface area contributed by atoms with Crippen molar-refractivity contribution in [3.05, 3.63) is 23.2 Å². The van der Waals surface area contributed by atoms with Gasteiger partial charge in [0.05, 0.1) is 9.72 Å². The Balaban J connectivity index is 0.00000243. The van der Waals surface area contributed by atoms with Crippen LogP contribution in [-0.2, 0) is 4.79 Å². The summed E-state index contributed by atoms with van der Waals surface area (Å²) >= 11 is 7.85. The van der Waals surface area contributed by atoms with E-state index in [1.165, 1.54) is 6.42 Å². The fourth-order valence-corrected chi connectivity index (χ4v) is 4.73. The van der Waals surface area contributed by atoms with E-state index in [-0.39, 0.29) is 24.2 Å². The second-order valence-electron chi connectivity index (χ2n) is 7.06. The van der Waals surface area contributed by atoms with Crippen molar-refractivity contribution in [3.8, 4) is 0 Å². The predicted molar refractivity (Wildman–Crippen MR) is 114 cm³/mol. The van der Waals surface area contributed by atoms with E-state index in [9.17, 15) is 4.79 Å². The number of rotatable bonds is 6. The Morgan fingerprint density at radius 2 is 1.96 bits per heavy atom. The highest BCUT2D eigenvalue weighted by atomic mass is 35.5. The molecule has 0 bridgehead atoms. The van der Waals surface area contributed by atoms with Crippen molar-refractivity contribution in [3.63, 3.8) is 0 Å². The van der Waals surface area contributed by atoms with Gasteiger partial charge in [0.2, 0.25) is 5.91 Å². The molecule has 0 radical (unpaired) electrons. The Morgan fingerprint density at radius 1 is 1.23 bits per heavy atom. The molecule has 0 spiro atoms. The van der Waals surface area contributed by atoms with Crippen LogP contribution >= 0.6 is 35.3 Å². The molecule has 1 fully saturated rings. The lowest BCUT2D eigenvalue weighted by atomic mass is 9.88. The Kier molecular flexibility index (Phi) is 8.14. The van der Waals surface area contributed by atoms with Crippen LogP contribution in [-0.4, -0.2) is 43.0 Å². The Labute approximate surface area is 170 Å². The molecule has 144 valence electrons. The molecular formula is C19H27Cl2N3OS. The minimum Gasteiger partial charge on any atom is -0.309 e. The summed E-state index contributed by atoms with van der Waals surface area (Å²) in [4.78, 5) is 22.0. The molecule has 26 heavy (non-hydrogen) atoms. The minimum atomic E-state index is 0. The number of carbonyl (C=O) groups is 1. The molecule has 0 saturated heterocycles. The molecule has 4 nitrogen and oxygen atoms in total. The molecule has 1 amide bonds. The van der Waals surface area contributed by atoms with Gasteiger partial charge in [-0.15, -0.1) is 12.4 Å². The maximum atomic E-state index is 13.2. The van der Waals surface area contributed by atoms with Gasteiger partial charge < -0.3 is 4.90 Å². The molecule has 2 aromatic rings. The lowest BCUT2D eigenvalue weighted by molar-refractivity contribution is -0.123. The monoisotopic (exact) mass is 415 g/mol. The fourth-order valence-electron chi connectivity index (χ4n) is 3.43. The van der Waals surface area contributed by atoms with E-state index in [0.717, 1.165) is 54.0 Å². The number of nitrogens with zero attached hydrogens (tertiary/aromatic N) is 3. The summed E-state index contributed by atoms with van der Waals surface area (Å²) in [5.41, 5.74) is 0.804. The lowest BCUT2D eigenvalue weighted by Crippen LogP contribution is -2.38. The van der Waals surface area contributed by atoms with Crippen LogP contribution in [0.4, 0.5) is 5.13 Å². The number of hydrogen-bond acceptors (Lipinski definition) is 4. The zero-order valence-electron chi connectivity index (χ0n) is 15.4. The molecule has 1 heterocycles. The number of carbonyl (C=O) groups excluding carboxylic acids is 1. The van der Waals surface area contributed by atoms with Gasteiger partial charge in [0, 0.05) is 12.5 Å². The van der Waals surface area contributed by atoms with Crippen LogP contribution in [0.15, 0.2) is 18.2 Å². The molecule has 1 aromatic heterocycles. The van der Waals surface area contributed by atoms with Crippen molar-refractivity contribution in [2.24, 2.45) is 5.92 Å². The molecule has 7 heteroatoms. The van der Waals surface area contributed by atoms with Gasteiger partial charge >= 0.3 is 0 Å². The molecule has 3 rings (SSSR count). The fraction of sp³-hybridized carbons (Fsp3) is 0.579. The van der Waals surface area contributed by atoms with Gasteiger partial charge in [-0.2, -0.15) is 0 Å². The first kappa shape index (κ1) is 21.4. The molecule has 1 saturated carbocycles. The quantitative estimate of drug-likeness (QED) is 0.647. The first-order chi connectivity index (χ1) is 12.1. The van der Waals surface area contributed by atoms with Gasteiger partial charge in [-0.3, -0.25) is 9.69 Å². The summed E-state index contributed by atoms with van der Waals surface area (Å²) in [5.74, 6) is 0.393. The molecule has 0 unspecified atom stereocenters. The van der Waals surface area contributed by atoms with Gasteiger partial charge in [0.1, 0.15) is 5.52 Å². The van der Waals surface area contributed by atoms with Crippen LogP contribution < -0.4 is 4.90 Å². The zero-order chi connectivity index (χ0) is 17.8. The van der Waals surface area contributed by atoms with Crippen molar-refractivity contribution in [2.75, 3.05) is 32.1 Å². The predicted octanol–water partition coefficient (Wildman–Crippen LogP) is 5.24. The topological polar surface area (TPSA) is 36.4 Å². The second kappa shape index (κ2) is 9.88. The van der Waals surface area contributed by atoms with E-state index in [2.05, 4.69) is 19.0 Å². The average molecular weight is 416 g/mol. The van der Waals surface area contributed by atoms with Gasteiger partial charge in [0.15, 0.2) is 5.13 Å². The number of amides is 1. The van der Waals surface area contributed by atoms with Crippen molar-refractivity contribution in [1.29, 1.82) is 0 Å². The van der Waals surface area contributed by atoms with Crippen molar-refractivity contribution in [1.82, 2.24) is 9.88 Å². The Hall–Kier alpha value is -0.880. The minimum absolute atomic E-state index is 0. The first-order valence-electron chi connectivity index (χ1n) is 9.07. The summed E-state index contributed by atoms with van der Waals surface area (Å²) in [7, 11) is 4.12. The highest BCUT2D eigenvalue weighted by Crippen LogP contribution is 2.35. The van der Waals surface area contributed by atoms with Gasteiger partial charge in [-0.1, -0.05) is 48.3 Å². The normalized spacial score (nSPS) is 15.2. The average Bonchev–Trinajstić information content (AvgIpc) is 3.04. The Bertz CT molecular complexity index is 729. The smallest absolute Gasteiger partial charge is 0.231 e. The number of hydrogen-bond donors (Lipinski definition) is 0. The van der Waals surface area contributed by atoms with E-state index >= 15 is 0 Å². The van der Waals surface area contributed by atoms with E-state index < -0.39 is 0 Å². The van der Waals surface area contributed by atoms with E-state index in [0.29, 0.717) is 11.6 Å². The molecule has 0 atom stereocenters. The summed E-state index contributed by atoms with van der Waals surface area (Å²) in [6, 6.07) is 5.81. The first-order valence-corrected chi connectivity index (χ1v) is 10.3. The van der Waals surface area contributed by atoms with Crippen LogP contribution in [0.2, 0.25) is 5.02 Å². The zero-order valence-corrected chi connectivity index (χ0v) is 17.8. The summed E-state index contributed by atoms with van der Waals surface area (Å²) in [5, 5.41) is 1.44. The largest absolute Gasteiger partial charge is 0.309 e. The highest BCUT2D eigenvalue weighted by molar-refractivity contribution is 7.22. The summed E-state index contributed by atoms with van der Waals surface area (Å²) in [6.45, 7) is 1.67. The van der Waals surface area contributed by atoms with E-state index in [4.69, 9.17) is 16.6 Å². The maximum Gasteiger partial charge on any atom is 0.231 e.